The minimum absolute atomic E-state index is 0.156. The average Bonchev–Trinajstić information content (AvgIpc) is 3.14. The van der Waals surface area contributed by atoms with Crippen molar-refractivity contribution in [3.05, 3.63) is 86.4 Å². The first-order valence-electron chi connectivity index (χ1n) is 11.3. The van der Waals surface area contributed by atoms with E-state index in [1.807, 2.05) is 56.4 Å². The number of nitrogens with one attached hydrogen (secondary N) is 2. The maximum atomic E-state index is 12.4. The molecule has 1 atom stereocenters. The van der Waals surface area contributed by atoms with Gasteiger partial charge in [-0.3, -0.25) is 10.1 Å². The van der Waals surface area contributed by atoms with Crippen molar-refractivity contribution < 1.29 is 9.84 Å². The third-order valence-corrected chi connectivity index (χ3v) is 6.42. The number of hydrogen-bond donors (Lipinski definition) is 3. The van der Waals surface area contributed by atoms with Gasteiger partial charge in [0, 0.05) is 41.0 Å². The van der Waals surface area contributed by atoms with E-state index in [9.17, 15) is 9.90 Å². The Morgan fingerprint density at radius 1 is 1.15 bits per heavy atom. The van der Waals surface area contributed by atoms with Crippen LogP contribution < -0.4 is 15.6 Å². The molecular weight excluding hydrogens is 450 g/mol. The predicted molar refractivity (Wildman–Crippen MR) is 138 cm³/mol. The van der Waals surface area contributed by atoms with Crippen LogP contribution in [0.2, 0.25) is 5.02 Å². The summed E-state index contributed by atoms with van der Waals surface area (Å²) in [5.74, 6) is 0.754. The first-order valence-corrected chi connectivity index (χ1v) is 11.7. The summed E-state index contributed by atoms with van der Waals surface area (Å²) in [5.41, 5.74) is 5.60. The van der Waals surface area contributed by atoms with Gasteiger partial charge in [0.25, 0.3) is 5.56 Å². The van der Waals surface area contributed by atoms with Crippen molar-refractivity contribution in [2.75, 3.05) is 7.11 Å². The smallest absolute Gasteiger partial charge is 0.252 e. The Kier molecular flexibility index (Phi) is 6.84. The molecule has 0 fully saturated rings. The van der Waals surface area contributed by atoms with Crippen molar-refractivity contribution in [1.82, 2.24) is 14.9 Å². The molecule has 6 nitrogen and oxygen atoms in total. The van der Waals surface area contributed by atoms with Gasteiger partial charge in [0.1, 0.15) is 12.0 Å². The van der Waals surface area contributed by atoms with E-state index in [0.717, 1.165) is 39.0 Å². The highest BCUT2D eigenvalue weighted by Gasteiger charge is 2.20. The lowest BCUT2D eigenvalue weighted by Gasteiger charge is -2.18. The summed E-state index contributed by atoms with van der Waals surface area (Å²) < 4.78 is 7.51. The van der Waals surface area contributed by atoms with Crippen LogP contribution in [0.1, 0.15) is 48.5 Å². The van der Waals surface area contributed by atoms with Crippen molar-refractivity contribution >= 4 is 22.5 Å². The maximum absolute atomic E-state index is 12.4. The van der Waals surface area contributed by atoms with Crippen LogP contribution in [-0.4, -0.2) is 21.8 Å². The van der Waals surface area contributed by atoms with Crippen molar-refractivity contribution in [3.63, 3.8) is 0 Å². The average molecular weight is 480 g/mol. The third kappa shape index (κ3) is 4.62. The molecule has 2 aromatic heterocycles. The molecule has 0 saturated heterocycles. The second-order valence-electron chi connectivity index (χ2n) is 8.90. The number of halogens is 1. The molecule has 4 aromatic rings. The van der Waals surface area contributed by atoms with E-state index in [2.05, 4.69) is 34.8 Å². The Bertz CT molecular complexity index is 1400. The fourth-order valence-corrected chi connectivity index (χ4v) is 4.70. The molecular formula is C27H30ClN3O3. The molecule has 0 aliphatic rings. The Morgan fingerprint density at radius 2 is 1.91 bits per heavy atom. The van der Waals surface area contributed by atoms with Gasteiger partial charge in [0.05, 0.1) is 17.6 Å². The Balaban J connectivity index is 1.81. The van der Waals surface area contributed by atoms with Crippen LogP contribution in [0.15, 0.2) is 53.5 Å². The van der Waals surface area contributed by atoms with E-state index in [1.54, 1.807) is 7.11 Å². The number of ether oxygens (including phenoxy) is 1. The standard InChI is InChI=1S/C27H30ClN3O3/c1-15(2)31-14-23(28)25-21(26(32)29-13-22-16(3)9-17(4)30-27(22)33)11-19(12-24(25)31)18-7-6-8-20(10-18)34-5/h6-12,14-15,26,29,32H,13H2,1-5H3,(H,30,33). The van der Waals surface area contributed by atoms with Crippen LogP contribution in [0.5, 0.6) is 5.75 Å². The summed E-state index contributed by atoms with van der Waals surface area (Å²) in [5, 5.41) is 15.7. The highest BCUT2D eigenvalue weighted by Crippen LogP contribution is 2.38. The summed E-state index contributed by atoms with van der Waals surface area (Å²) in [7, 11) is 1.64. The van der Waals surface area contributed by atoms with Crippen LogP contribution >= 0.6 is 11.6 Å². The lowest BCUT2D eigenvalue weighted by atomic mass is 9.98. The highest BCUT2D eigenvalue weighted by atomic mass is 35.5. The van der Waals surface area contributed by atoms with E-state index in [-0.39, 0.29) is 18.1 Å². The number of nitrogens with zero attached hydrogens (tertiary/aromatic N) is 1. The number of fused-ring (bicyclic) bond motifs is 1. The minimum atomic E-state index is -1.03. The Hall–Kier alpha value is -3.06. The Morgan fingerprint density at radius 3 is 2.59 bits per heavy atom. The van der Waals surface area contributed by atoms with Crippen LogP contribution in [0, 0.1) is 13.8 Å². The van der Waals surface area contributed by atoms with Crippen molar-refractivity contribution in [2.45, 2.75) is 46.5 Å². The monoisotopic (exact) mass is 479 g/mol. The van der Waals surface area contributed by atoms with Gasteiger partial charge in [-0.05, 0) is 74.7 Å². The topological polar surface area (TPSA) is 79.3 Å². The Labute approximate surface area is 204 Å². The molecule has 2 heterocycles. The quantitative estimate of drug-likeness (QED) is 0.300. The van der Waals surface area contributed by atoms with Crippen LogP contribution in [0.25, 0.3) is 22.0 Å². The second kappa shape index (κ2) is 9.66. The molecule has 0 aliphatic carbocycles. The van der Waals surface area contributed by atoms with E-state index >= 15 is 0 Å². The zero-order chi connectivity index (χ0) is 24.6. The molecule has 178 valence electrons. The van der Waals surface area contributed by atoms with Gasteiger partial charge in [-0.15, -0.1) is 0 Å². The predicted octanol–water partition coefficient (Wildman–Crippen LogP) is 5.64. The number of methoxy groups -OCH3 is 1. The summed E-state index contributed by atoms with van der Waals surface area (Å²) >= 11 is 6.67. The van der Waals surface area contributed by atoms with E-state index in [0.29, 0.717) is 16.1 Å². The molecule has 0 aliphatic heterocycles. The number of aromatic nitrogens is 2. The summed E-state index contributed by atoms with van der Waals surface area (Å²) in [4.78, 5) is 15.3. The van der Waals surface area contributed by atoms with Gasteiger partial charge < -0.3 is 19.4 Å². The van der Waals surface area contributed by atoms with E-state index in [1.165, 1.54) is 0 Å². The van der Waals surface area contributed by atoms with Crippen LogP contribution in [-0.2, 0) is 6.54 Å². The molecule has 0 saturated carbocycles. The molecule has 2 aromatic carbocycles. The number of aromatic amines is 1. The fourth-order valence-electron chi connectivity index (χ4n) is 4.39. The zero-order valence-corrected chi connectivity index (χ0v) is 20.8. The lowest BCUT2D eigenvalue weighted by Crippen LogP contribution is -2.26. The van der Waals surface area contributed by atoms with E-state index in [4.69, 9.17) is 16.3 Å². The number of aliphatic hydroxyl groups is 1. The number of hydrogen-bond acceptors (Lipinski definition) is 4. The van der Waals surface area contributed by atoms with Gasteiger partial charge in [-0.1, -0.05) is 23.7 Å². The van der Waals surface area contributed by atoms with Crippen molar-refractivity contribution in [3.8, 4) is 16.9 Å². The zero-order valence-electron chi connectivity index (χ0n) is 20.1. The normalized spacial score (nSPS) is 12.5. The summed E-state index contributed by atoms with van der Waals surface area (Å²) in [6.45, 7) is 8.15. The molecule has 1 unspecified atom stereocenters. The van der Waals surface area contributed by atoms with Gasteiger partial charge in [-0.25, -0.2) is 0 Å². The molecule has 34 heavy (non-hydrogen) atoms. The van der Waals surface area contributed by atoms with Crippen LogP contribution in [0.4, 0.5) is 0 Å². The van der Waals surface area contributed by atoms with Crippen LogP contribution in [0.3, 0.4) is 0 Å². The van der Waals surface area contributed by atoms with Gasteiger partial charge in [0.15, 0.2) is 0 Å². The molecule has 3 N–H and O–H groups in total. The second-order valence-corrected chi connectivity index (χ2v) is 9.30. The number of benzene rings is 2. The molecule has 7 heteroatoms. The van der Waals surface area contributed by atoms with Gasteiger partial charge in [-0.2, -0.15) is 0 Å². The summed E-state index contributed by atoms with van der Waals surface area (Å²) in [6.07, 6.45) is 0.866. The minimum Gasteiger partial charge on any atom is -0.497 e. The first-order chi connectivity index (χ1) is 16.2. The number of pyridine rings is 1. The third-order valence-electron chi connectivity index (χ3n) is 6.14. The fraction of sp³-hybridized carbons (Fsp3) is 0.296. The van der Waals surface area contributed by atoms with Gasteiger partial charge >= 0.3 is 0 Å². The molecule has 0 amide bonds. The molecule has 4 rings (SSSR count). The number of H-pyrrole nitrogens is 1. The maximum Gasteiger partial charge on any atom is 0.252 e. The number of aliphatic hydroxyl groups excluding tert-OH is 1. The van der Waals surface area contributed by atoms with E-state index < -0.39 is 6.23 Å². The molecule has 0 spiro atoms. The largest absolute Gasteiger partial charge is 0.497 e. The highest BCUT2D eigenvalue weighted by molar-refractivity contribution is 6.36. The first kappa shape index (κ1) is 24.1. The van der Waals surface area contributed by atoms with Crippen molar-refractivity contribution in [2.24, 2.45) is 0 Å². The number of aryl methyl sites for hydroxylation is 2. The van der Waals surface area contributed by atoms with Gasteiger partial charge in [0.2, 0.25) is 0 Å². The number of rotatable bonds is 7. The SMILES string of the molecule is COc1cccc(-c2cc(C(O)NCc3c(C)cc(C)[nH]c3=O)c3c(Cl)cn(C(C)C)c3c2)c1. The molecule has 0 radical (unpaired) electrons. The summed E-state index contributed by atoms with van der Waals surface area (Å²) in [6, 6.07) is 13.9. The lowest BCUT2D eigenvalue weighted by molar-refractivity contribution is 0.138. The molecule has 0 bridgehead atoms. The van der Waals surface area contributed by atoms with Crippen molar-refractivity contribution in [1.29, 1.82) is 0 Å².